The summed E-state index contributed by atoms with van der Waals surface area (Å²) in [5.74, 6) is -0.00430. The van der Waals surface area contributed by atoms with Crippen LogP contribution in [0.4, 0.5) is 5.69 Å². The first kappa shape index (κ1) is 14.4. The predicted molar refractivity (Wildman–Crippen MR) is 76.6 cm³/mol. The number of benzene rings is 1. The first-order chi connectivity index (χ1) is 9.04. The Balaban J connectivity index is 2.22. The Morgan fingerprint density at radius 1 is 1.47 bits per heavy atom. The van der Waals surface area contributed by atoms with E-state index >= 15 is 0 Å². The highest BCUT2D eigenvalue weighted by molar-refractivity contribution is 8.00. The zero-order valence-electron chi connectivity index (χ0n) is 10.4. The van der Waals surface area contributed by atoms with Crippen LogP contribution in [0, 0.1) is 6.92 Å². The summed E-state index contributed by atoms with van der Waals surface area (Å²) < 4.78 is 0. The van der Waals surface area contributed by atoms with Gasteiger partial charge in [0, 0.05) is 17.2 Å². The number of thioether (sulfide) groups is 1. The Morgan fingerprint density at radius 3 is 2.84 bits per heavy atom. The van der Waals surface area contributed by atoms with Crippen molar-refractivity contribution in [3.05, 3.63) is 28.8 Å². The molecule has 2 amide bonds. The number of aryl methyl sites for hydroxylation is 1. The number of imide groups is 1. The standard InChI is InChI=1S/C13H14ClNO3S/c1-8-2-3-9(6-10(8)14)15-12(17)7-11(13(15)18)19-5-4-16/h2-3,6,11,16H,4-5,7H2,1H3. The highest BCUT2D eigenvalue weighted by Gasteiger charge is 2.39. The van der Waals surface area contributed by atoms with Crippen LogP contribution >= 0.6 is 23.4 Å². The van der Waals surface area contributed by atoms with Gasteiger partial charge < -0.3 is 5.11 Å². The van der Waals surface area contributed by atoms with E-state index < -0.39 is 5.25 Å². The molecule has 0 saturated carbocycles. The van der Waals surface area contributed by atoms with E-state index in [0.29, 0.717) is 16.5 Å². The third-order valence-corrected chi connectivity index (χ3v) is 4.53. The Bertz CT molecular complexity index is 521. The molecule has 1 N–H and O–H groups in total. The van der Waals surface area contributed by atoms with Crippen molar-refractivity contribution in [1.82, 2.24) is 0 Å². The Morgan fingerprint density at radius 2 is 2.21 bits per heavy atom. The van der Waals surface area contributed by atoms with Crippen LogP contribution in [-0.4, -0.2) is 34.5 Å². The number of aliphatic hydroxyl groups excluding tert-OH is 1. The van der Waals surface area contributed by atoms with Gasteiger partial charge in [0.1, 0.15) is 0 Å². The van der Waals surface area contributed by atoms with Crippen molar-refractivity contribution in [1.29, 1.82) is 0 Å². The molecule has 1 heterocycles. The van der Waals surface area contributed by atoms with Crippen LogP contribution in [0.25, 0.3) is 0 Å². The Labute approximate surface area is 120 Å². The molecule has 1 atom stereocenters. The zero-order chi connectivity index (χ0) is 14.0. The summed E-state index contributed by atoms with van der Waals surface area (Å²) in [5, 5.41) is 8.91. The van der Waals surface area contributed by atoms with E-state index in [1.54, 1.807) is 18.2 Å². The second-order valence-corrected chi connectivity index (χ2v) is 6.01. The lowest BCUT2D eigenvalue weighted by molar-refractivity contribution is -0.121. The van der Waals surface area contributed by atoms with Crippen LogP contribution < -0.4 is 4.90 Å². The minimum atomic E-state index is -0.403. The van der Waals surface area contributed by atoms with Gasteiger partial charge in [-0.2, -0.15) is 0 Å². The summed E-state index contributed by atoms with van der Waals surface area (Å²) in [6, 6.07) is 5.13. The van der Waals surface area contributed by atoms with E-state index in [9.17, 15) is 9.59 Å². The molecule has 0 aromatic heterocycles. The van der Waals surface area contributed by atoms with Gasteiger partial charge >= 0.3 is 0 Å². The number of nitrogens with zero attached hydrogens (tertiary/aromatic N) is 1. The summed E-state index contributed by atoms with van der Waals surface area (Å²) >= 11 is 7.33. The van der Waals surface area contributed by atoms with Crippen molar-refractivity contribution in [2.75, 3.05) is 17.3 Å². The minimum absolute atomic E-state index is 0.000995. The molecule has 0 aliphatic carbocycles. The van der Waals surface area contributed by atoms with E-state index in [1.807, 2.05) is 6.92 Å². The highest BCUT2D eigenvalue weighted by Crippen LogP contribution is 2.31. The van der Waals surface area contributed by atoms with Crippen molar-refractivity contribution in [2.45, 2.75) is 18.6 Å². The average molecular weight is 300 g/mol. The smallest absolute Gasteiger partial charge is 0.247 e. The molecule has 0 bridgehead atoms. The van der Waals surface area contributed by atoms with Crippen molar-refractivity contribution in [2.24, 2.45) is 0 Å². The van der Waals surface area contributed by atoms with Gasteiger partial charge in [-0.25, -0.2) is 4.90 Å². The SMILES string of the molecule is Cc1ccc(N2C(=O)CC(SCCO)C2=O)cc1Cl. The van der Waals surface area contributed by atoms with Gasteiger partial charge in [-0.1, -0.05) is 17.7 Å². The number of hydrogen-bond donors (Lipinski definition) is 1. The van der Waals surface area contributed by atoms with Crippen molar-refractivity contribution < 1.29 is 14.7 Å². The lowest BCUT2D eigenvalue weighted by atomic mass is 10.2. The van der Waals surface area contributed by atoms with Gasteiger partial charge in [0.15, 0.2) is 0 Å². The molecular weight excluding hydrogens is 286 g/mol. The molecule has 1 fully saturated rings. The molecule has 1 aromatic carbocycles. The molecule has 19 heavy (non-hydrogen) atoms. The maximum absolute atomic E-state index is 12.2. The first-order valence-corrected chi connectivity index (χ1v) is 7.32. The first-order valence-electron chi connectivity index (χ1n) is 5.90. The molecule has 0 spiro atoms. The van der Waals surface area contributed by atoms with E-state index in [2.05, 4.69) is 0 Å². The van der Waals surface area contributed by atoms with Gasteiger partial charge in [0.2, 0.25) is 11.8 Å². The molecule has 4 nitrogen and oxygen atoms in total. The topological polar surface area (TPSA) is 57.6 Å². The molecule has 6 heteroatoms. The Kier molecular flexibility index (Phi) is 4.50. The van der Waals surface area contributed by atoms with Crippen LogP contribution in [0.1, 0.15) is 12.0 Å². The third kappa shape index (κ3) is 2.94. The number of hydrogen-bond acceptors (Lipinski definition) is 4. The van der Waals surface area contributed by atoms with Gasteiger partial charge in [-0.05, 0) is 24.6 Å². The van der Waals surface area contributed by atoms with E-state index in [0.717, 1.165) is 5.56 Å². The second kappa shape index (κ2) is 5.94. The molecule has 0 radical (unpaired) electrons. The van der Waals surface area contributed by atoms with Crippen LogP contribution in [0.15, 0.2) is 18.2 Å². The van der Waals surface area contributed by atoms with Crippen molar-refractivity contribution >= 4 is 40.9 Å². The van der Waals surface area contributed by atoms with Crippen molar-refractivity contribution in [3.63, 3.8) is 0 Å². The van der Waals surface area contributed by atoms with Crippen molar-refractivity contribution in [3.8, 4) is 0 Å². The van der Waals surface area contributed by atoms with Gasteiger partial charge in [-0.15, -0.1) is 11.8 Å². The second-order valence-electron chi connectivity index (χ2n) is 4.29. The molecule has 1 unspecified atom stereocenters. The lowest BCUT2D eigenvalue weighted by Crippen LogP contribution is -2.31. The molecule has 1 aliphatic rings. The van der Waals surface area contributed by atoms with E-state index in [4.69, 9.17) is 16.7 Å². The molecular formula is C13H14ClNO3S. The molecule has 102 valence electrons. The van der Waals surface area contributed by atoms with Gasteiger partial charge in [-0.3, -0.25) is 9.59 Å². The predicted octanol–water partition coefficient (Wildman–Crippen LogP) is 2.01. The summed E-state index contributed by atoms with van der Waals surface area (Å²) in [7, 11) is 0. The number of anilines is 1. The number of carbonyl (C=O) groups excluding carboxylic acids is 2. The third-order valence-electron chi connectivity index (χ3n) is 2.93. The Hall–Kier alpha value is -1.04. The summed E-state index contributed by atoms with van der Waals surface area (Å²) in [5.41, 5.74) is 1.41. The van der Waals surface area contributed by atoms with Crippen LogP contribution in [0.3, 0.4) is 0 Å². The molecule has 2 rings (SSSR count). The summed E-state index contributed by atoms with van der Waals surface area (Å²) in [6.45, 7) is 1.86. The fraction of sp³-hybridized carbons (Fsp3) is 0.385. The van der Waals surface area contributed by atoms with E-state index in [1.165, 1.54) is 16.7 Å². The number of halogens is 1. The van der Waals surface area contributed by atoms with Crippen LogP contribution in [0.2, 0.25) is 5.02 Å². The van der Waals surface area contributed by atoms with Gasteiger partial charge in [0.05, 0.1) is 17.5 Å². The summed E-state index contributed by atoms with van der Waals surface area (Å²) in [4.78, 5) is 25.3. The fourth-order valence-corrected chi connectivity index (χ4v) is 2.99. The maximum Gasteiger partial charge on any atom is 0.247 e. The fourth-order valence-electron chi connectivity index (χ4n) is 1.92. The number of aliphatic hydroxyl groups is 1. The van der Waals surface area contributed by atoms with E-state index in [-0.39, 0.29) is 24.8 Å². The maximum atomic E-state index is 12.2. The molecule has 1 aliphatic heterocycles. The zero-order valence-corrected chi connectivity index (χ0v) is 12.0. The number of amides is 2. The monoisotopic (exact) mass is 299 g/mol. The van der Waals surface area contributed by atoms with Crippen LogP contribution in [0.5, 0.6) is 0 Å². The van der Waals surface area contributed by atoms with Gasteiger partial charge in [0.25, 0.3) is 0 Å². The molecule has 1 saturated heterocycles. The average Bonchev–Trinajstić information content (AvgIpc) is 2.65. The quantitative estimate of drug-likeness (QED) is 0.864. The minimum Gasteiger partial charge on any atom is -0.396 e. The summed E-state index contributed by atoms with van der Waals surface area (Å²) in [6.07, 6.45) is 0.176. The highest BCUT2D eigenvalue weighted by atomic mass is 35.5. The molecule has 1 aromatic rings. The number of rotatable bonds is 4. The number of carbonyl (C=O) groups is 2. The lowest BCUT2D eigenvalue weighted by Gasteiger charge is -2.15. The largest absolute Gasteiger partial charge is 0.396 e. The normalized spacial score (nSPS) is 19.3. The van der Waals surface area contributed by atoms with Crippen LogP contribution in [-0.2, 0) is 9.59 Å².